The largest absolute Gasteiger partial charge is 0.508 e. The van der Waals surface area contributed by atoms with Crippen LogP contribution in [0.15, 0.2) is 45.6 Å². The third-order valence-electron chi connectivity index (χ3n) is 5.55. The molecule has 5 N–H and O–H groups in total. The topological polar surface area (TPSA) is 168 Å². The molecule has 34 heavy (non-hydrogen) atoms. The van der Waals surface area contributed by atoms with Gasteiger partial charge in [0, 0.05) is 17.7 Å². The number of phenolic OH excluding ortho intramolecular Hbond substituents is 1. The van der Waals surface area contributed by atoms with Gasteiger partial charge in [0.15, 0.2) is 5.76 Å². The van der Waals surface area contributed by atoms with E-state index in [0.717, 1.165) is 0 Å². The molecule has 0 radical (unpaired) electrons. The van der Waals surface area contributed by atoms with E-state index in [2.05, 4.69) is 0 Å². The van der Waals surface area contributed by atoms with E-state index in [1.54, 1.807) is 12.1 Å². The number of phenols is 1. The predicted octanol–water partition coefficient (Wildman–Crippen LogP) is 0.361. The fraction of sp³-hybridized carbons (Fsp3) is 0.348. The molecule has 0 saturated carbocycles. The van der Waals surface area contributed by atoms with Gasteiger partial charge in [-0.25, -0.2) is 0 Å². The Morgan fingerprint density at radius 3 is 2.29 bits per heavy atom. The Kier molecular flexibility index (Phi) is 6.64. The van der Waals surface area contributed by atoms with E-state index in [-0.39, 0.29) is 39.7 Å². The van der Waals surface area contributed by atoms with Gasteiger partial charge in [-0.1, -0.05) is 0 Å². The summed E-state index contributed by atoms with van der Waals surface area (Å²) >= 11 is 0. The minimum absolute atomic E-state index is 0.0303. The van der Waals surface area contributed by atoms with Crippen LogP contribution in [-0.4, -0.2) is 77.1 Å². The van der Waals surface area contributed by atoms with E-state index >= 15 is 0 Å². The first-order valence-corrected chi connectivity index (χ1v) is 10.3. The summed E-state index contributed by atoms with van der Waals surface area (Å²) in [6, 6.07) is 8.68. The number of ether oxygens (including phenoxy) is 4. The number of aromatic hydroxyl groups is 1. The average Bonchev–Trinajstić information content (AvgIpc) is 2.84. The minimum atomic E-state index is -1.63. The highest BCUT2D eigenvalue weighted by Crippen LogP contribution is 2.37. The monoisotopic (exact) mass is 476 g/mol. The van der Waals surface area contributed by atoms with Gasteiger partial charge in [-0.15, -0.1) is 0 Å². The maximum Gasteiger partial charge on any atom is 0.239 e. The fourth-order valence-electron chi connectivity index (χ4n) is 3.76. The highest BCUT2D eigenvalue weighted by molar-refractivity contribution is 5.88. The molecule has 0 spiro atoms. The lowest BCUT2D eigenvalue weighted by atomic mass is 9.99. The Balaban J connectivity index is 1.81. The van der Waals surface area contributed by atoms with Gasteiger partial charge in [0.05, 0.1) is 20.8 Å². The van der Waals surface area contributed by atoms with Crippen molar-refractivity contribution in [3.05, 3.63) is 46.6 Å². The van der Waals surface area contributed by atoms with E-state index in [1.165, 1.54) is 38.5 Å². The number of hydrogen-bond acceptors (Lipinski definition) is 11. The highest BCUT2D eigenvalue weighted by Gasteiger charge is 2.44. The first kappa shape index (κ1) is 23.8. The molecule has 5 atom stereocenters. The summed E-state index contributed by atoms with van der Waals surface area (Å²) in [7, 11) is 2.66. The van der Waals surface area contributed by atoms with Crippen molar-refractivity contribution in [2.75, 3.05) is 20.8 Å². The van der Waals surface area contributed by atoms with Crippen LogP contribution in [0, 0.1) is 0 Å². The highest BCUT2D eigenvalue weighted by atomic mass is 16.7. The molecule has 2 unspecified atom stereocenters. The van der Waals surface area contributed by atoms with E-state index in [4.69, 9.17) is 23.4 Å². The average molecular weight is 476 g/mol. The van der Waals surface area contributed by atoms with Crippen LogP contribution < -0.4 is 19.6 Å². The number of aliphatic hydroxyl groups is 4. The third kappa shape index (κ3) is 4.15. The molecule has 4 rings (SSSR count). The fourth-order valence-corrected chi connectivity index (χ4v) is 3.76. The zero-order valence-corrected chi connectivity index (χ0v) is 18.2. The second-order valence-electron chi connectivity index (χ2n) is 7.65. The Hall–Kier alpha value is -3.35. The van der Waals surface area contributed by atoms with Crippen molar-refractivity contribution in [1.29, 1.82) is 0 Å². The van der Waals surface area contributed by atoms with Crippen LogP contribution in [0.25, 0.3) is 22.3 Å². The number of methoxy groups -OCH3 is 2. The van der Waals surface area contributed by atoms with Crippen LogP contribution in [0.3, 0.4) is 0 Å². The number of aliphatic hydroxyl groups excluding tert-OH is 4. The molecule has 2 heterocycles. The Bertz CT molecular complexity index is 1220. The van der Waals surface area contributed by atoms with E-state index < -0.39 is 42.7 Å². The Morgan fingerprint density at radius 2 is 1.68 bits per heavy atom. The standard InChI is InChI=1S/C23H24O11/c1-30-13-7-12(32-23-20(29)19(28)17(26)15(9-24)34-23)8-14-16(13)18(27)22(31-2)21(33-14)10-3-5-11(25)6-4-10/h3-8,15,17,19-20,23-26,28-29H,9H2,1-2H3/t15?,17-,19+,20?,23-/m1/s1. The molecule has 0 amide bonds. The molecule has 0 bridgehead atoms. The van der Waals surface area contributed by atoms with Crippen molar-refractivity contribution in [2.24, 2.45) is 0 Å². The van der Waals surface area contributed by atoms with Gasteiger partial charge >= 0.3 is 0 Å². The minimum Gasteiger partial charge on any atom is -0.508 e. The zero-order chi connectivity index (χ0) is 24.6. The summed E-state index contributed by atoms with van der Waals surface area (Å²) in [6.45, 7) is -0.615. The van der Waals surface area contributed by atoms with Crippen LogP contribution in [0.4, 0.5) is 0 Å². The van der Waals surface area contributed by atoms with Crippen molar-refractivity contribution in [3.63, 3.8) is 0 Å². The summed E-state index contributed by atoms with van der Waals surface area (Å²) in [5.41, 5.74) is 0.0174. The maximum absolute atomic E-state index is 13.2. The molecule has 182 valence electrons. The molecular formula is C23H24O11. The van der Waals surface area contributed by atoms with Gasteiger partial charge in [0.25, 0.3) is 0 Å². The molecule has 11 nitrogen and oxygen atoms in total. The maximum atomic E-state index is 13.2. The smallest absolute Gasteiger partial charge is 0.239 e. The van der Waals surface area contributed by atoms with E-state index in [9.17, 15) is 30.3 Å². The molecule has 11 heteroatoms. The number of rotatable bonds is 6. The van der Waals surface area contributed by atoms with Crippen LogP contribution in [-0.2, 0) is 4.74 Å². The number of hydrogen-bond donors (Lipinski definition) is 5. The summed E-state index contributed by atoms with van der Waals surface area (Å²) in [6.07, 6.45) is -7.39. The van der Waals surface area contributed by atoms with Gasteiger partial charge in [0.1, 0.15) is 52.6 Å². The van der Waals surface area contributed by atoms with Gasteiger partial charge in [-0.05, 0) is 24.3 Å². The molecule has 2 aromatic carbocycles. The summed E-state index contributed by atoms with van der Waals surface area (Å²) in [4.78, 5) is 13.2. The summed E-state index contributed by atoms with van der Waals surface area (Å²) in [5.74, 6) is 0.203. The molecule has 1 aromatic heterocycles. The van der Waals surface area contributed by atoms with Gasteiger partial charge in [-0.3, -0.25) is 4.79 Å². The van der Waals surface area contributed by atoms with Crippen molar-refractivity contribution in [2.45, 2.75) is 30.7 Å². The summed E-state index contributed by atoms with van der Waals surface area (Å²) in [5, 5.41) is 49.2. The first-order chi connectivity index (χ1) is 16.3. The second-order valence-corrected chi connectivity index (χ2v) is 7.65. The van der Waals surface area contributed by atoms with Crippen LogP contribution in [0.5, 0.6) is 23.0 Å². The first-order valence-electron chi connectivity index (χ1n) is 10.3. The normalized spacial score (nSPS) is 24.7. The molecule has 3 aromatic rings. The van der Waals surface area contributed by atoms with Gasteiger partial charge in [-0.2, -0.15) is 0 Å². The third-order valence-corrected chi connectivity index (χ3v) is 5.55. The zero-order valence-electron chi connectivity index (χ0n) is 18.2. The number of benzene rings is 2. The van der Waals surface area contributed by atoms with Crippen molar-refractivity contribution in [1.82, 2.24) is 0 Å². The Morgan fingerprint density at radius 1 is 0.971 bits per heavy atom. The lowest BCUT2D eigenvalue weighted by Gasteiger charge is -2.39. The van der Waals surface area contributed by atoms with Crippen molar-refractivity contribution in [3.8, 4) is 34.3 Å². The quantitative estimate of drug-likeness (QED) is 0.333. The van der Waals surface area contributed by atoms with E-state index in [1.807, 2.05) is 0 Å². The predicted molar refractivity (Wildman–Crippen MR) is 117 cm³/mol. The van der Waals surface area contributed by atoms with Crippen LogP contribution in [0.1, 0.15) is 0 Å². The molecule has 1 aliphatic rings. The van der Waals surface area contributed by atoms with E-state index in [0.29, 0.717) is 5.56 Å². The number of fused-ring (bicyclic) bond motifs is 1. The van der Waals surface area contributed by atoms with Crippen LogP contribution in [0.2, 0.25) is 0 Å². The Labute approximate surface area is 192 Å². The molecule has 1 aliphatic heterocycles. The SMILES string of the molecule is COc1c(-c2ccc(O)cc2)oc2cc(O[C@@H]3OC(CO)[C@@H](O)[C@H](O)C3O)cc(OC)c2c1=O. The molecule has 0 aliphatic carbocycles. The molecule has 1 saturated heterocycles. The van der Waals surface area contributed by atoms with Crippen molar-refractivity contribution >= 4 is 11.0 Å². The molecular weight excluding hydrogens is 452 g/mol. The lowest BCUT2D eigenvalue weighted by Crippen LogP contribution is -2.60. The van der Waals surface area contributed by atoms with Gasteiger partial charge in [0.2, 0.25) is 17.5 Å². The molecule has 1 fully saturated rings. The lowest BCUT2D eigenvalue weighted by molar-refractivity contribution is -0.277. The van der Waals surface area contributed by atoms with Crippen LogP contribution >= 0.6 is 0 Å². The van der Waals surface area contributed by atoms with Crippen molar-refractivity contribution < 1.29 is 48.9 Å². The second kappa shape index (κ2) is 9.49. The van der Waals surface area contributed by atoms with Gasteiger partial charge < -0.3 is 48.9 Å². The summed E-state index contributed by atoms with van der Waals surface area (Å²) < 4.78 is 27.7.